The fourth-order valence-electron chi connectivity index (χ4n) is 1.87. The number of aryl methyl sites for hydroxylation is 1. The lowest BCUT2D eigenvalue weighted by Gasteiger charge is -2.20. The van der Waals surface area contributed by atoms with E-state index >= 15 is 0 Å². The number of carbonyl (C=O) groups is 1. The van der Waals surface area contributed by atoms with Gasteiger partial charge in [-0.25, -0.2) is 0 Å². The number of benzene rings is 1. The topological polar surface area (TPSA) is 46.3 Å². The maximum Gasteiger partial charge on any atom is 0.254 e. The second-order valence-electron chi connectivity index (χ2n) is 4.47. The average Bonchev–Trinajstić information content (AvgIpc) is 2.91. The molecule has 19 heavy (non-hydrogen) atoms. The Morgan fingerprint density at radius 2 is 2.16 bits per heavy atom. The summed E-state index contributed by atoms with van der Waals surface area (Å²) in [5, 5.41) is 2.03. The summed E-state index contributed by atoms with van der Waals surface area (Å²) in [5.74, 6) is 0.0302. The van der Waals surface area contributed by atoms with Gasteiger partial charge in [-0.2, -0.15) is 0 Å². The van der Waals surface area contributed by atoms with E-state index in [1.54, 1.807) is 17.4 Å². The molecule has 0 spiro atoms. The van der Waals surface area contributed by atoms with Crippen molar-refractivity contribution in [3.63, 3.8) is 0 Å². The molecule has 0 radical (unpaired) electrons. The second kappa shape index (κ2) is 5.89. The zero-order valence-electron chi connectivity index (χ0n) is 11.2. The highest BCUT2D eigenvalue weighted by molar-refractivity contribution is 7.09. The van der Waals surface area contributed by atoms with E-state index in [-0.39, 0.29) is 5.91 Å². The Balaban J connectivity index is 2.18. The highest BCUT2D eigenvalue weighted by Gasteiger charge is 2.15. The lowest BCUT2D eigenvalue weighted by atomic mass is 10.1. The quantitative estimate of drug-likeness (QED) is 0.869. The molecule has 2 aromatic rings. The van der Waals surface area contributed by atoms with Crippen LogP contribution >= 0.6 is 11.3 Å². The molecule has 0 unspecified atom stereocenters. The second-order valence-corrected chi connectivity index (χ2v) is 5.50. The van der Waals surface area contributed by atoms with Crippen LogP contribution in [0, 0.1) is 6.92 Å². The lowest BCUT2D eigenvalue weighted by Crippen LogP contribution is -2.30. The zero-order chi connectivity index (χ0) is 13.8. The van der Waals surface area contributed by atoms with Gasteiger partial charge in [0, 0.05) is 22.7 Å². The fraction of sp³-hybridized carbons (Fsp3) is 0.267. The van der Waals surface area contributed by atoms with Crippen molar-refractivity contribution in [1.82, 2.24) is 4.90 Å². The SMILES string of the molecule is CCN(Cc1cccs1)C(=O)c1ccc(C)c(N)c1. The van der Waals surface area contributed by atoms with Crippen molar-refractivity contribution in [3.8, 4) is 0 Å². The molecule has 0 bridgehead atoms. The van der Waals surface area contributed by atoms with Crippen molar-refractivity contribution in [2.24, 2.45) is 0 Å². The molecule has 1 heterocycles. The summed E-state index contributed by atoms with van der Waals surface area (Å²) in [4.78, 5) is 15.5. The van der Waals surface area contributed by atoms with E-state index in [9.17, 15) is 4.79 Å². The Morgan fingerprint density at radius 3 is 2.74 bits per heavy atom. The Morgan fingerprint density at radius 1 is 1.37 bits per heavy atom. The van der Waals surface area contributed by atoms with Gasteiger partial charge in [0.1, 0.15) is 0 Å². The van der Waals surface area contributed by atoms with Gasteiger partial charge in [-0.15, -0.1) is 11.3 Å². The largest absolute Gasteiger partial charge is 0.398 e. The monoisotopic (exact) mass is 274 g/mol. The average molecular weight is 274 g/mol. The van der Waals surface area contributed by atoms with Crippen molar-refractivity contribution >= 4 is 22.9 Å². The predicted octanol–water partition coefficient (Wildman–Crippen LogP) is 3.30. The number of hydrogen-bond donors (Lipinski definition) is 1. The van der Waals surface area contributed by atoms with Crippen molar-refractivity contribution in [2.45, 2.75) is 20.4 Å². The van der Waals surface area contributed by atoms with Gasteiger partial charge in [0.05, 0.1) is 6.54 Å². The van der Waals surface area contributed by atoms with Crippen molar-refractivity contribution in [2.75, 3.05) is 12.3 Å². The van der Waals surface area contributed by atoms with Crippen LogP contribution < -0.4 is 5.73 Å². The van der Waals surface area contributed by atoms with Crippen LogP contribution in [0.3, 0.4) is 0 Å². The predicted molar refractivity (Wildman–Crippen MR) is 80.3 cm³/mol. The summed E-state index contributed by atoms with van der Waals surface area (Å²) >= 11 is 1.67. The van der Waals surface area contributed by atoms with Crippen LogP contribution in [0.5, 0.6) is 0 Å². The number of rotatable bonds is 4. The molecule has 2 N–H and O–H groups in total. The molecule has 4 heteroatoms. The fourth-order valence-corrected chi connectivity index (χ4v) is 2.59. The summed E-state index contributed by atoms with van der Waals surface area (Å²) in [6, 6.07) is 9.54. The molecular formula is C15H18N2OS. The summed E-state index contributed by atoms with van der Waals surface area (Å²) in [6.07, 6.45) is 0. The van der Waals surface area contributed by atoms with Gasteiger partial charge in [0.25, 0.3) is 5.91 Å². The first kappa shape index (κ1) is 13.6. The third-order valence-electron chi connectivity index (χ3n) is 3.12. The van der Waals surface area contributed by atoms with E-state index in [2.05, 4.69) is 0 Å². The minimum Gasteiger partial charge on any atom is -0.398 e. The molecule has 100 valence electrons. The summed E-state index contributed by atoms with van der Waals surface area (Å²) < 4.78 is 0. The molecule has 0 aliphatic carbocycles. The number of amides is 1. The smallest absolute Gasteiger partial charge is 0.254 e. The highest BCUT2D eigenvalue weighted by Crippen LogP contribution is 2.17. The van der Waals surface area contributed by atoms with Gasteiger partial charge in [0.2, 0.25) is 0 Å². The van der Waals surface area contributed by atoms with Crippen LogP contribution in [0.1, 0.15) is 27.7 Å². The first-order chi connectivity index (χ1) is 9.11. The van der Waals surface area contributed by atoms with Gasteiger partial charge < -0.3 is 10.6 Å². The molecule has 1 amide bonds. The third kappa shape index (κ3) is 3.15. The summed E-state index contributed by atoms with van der Waals surface area (Å²) in [6.45, 7) is 5.27. The molecule has 0 aliphatic rings. The van der Waals surface area contributed by atoms with Crippen LogP contribution in [0.4, 0.5) is 5.69 Å². The molecular weight excluding hydrogens is 256 g/mol. The maximum absolute atomic E-state index is 12.4. The first-order valence-corrected chi connectivity index (χ1v) is 7.17. The Hall–Kier alpha value is -1.81. The Kier molecular flexibility index (Phi) is 4.22. The van der Waals surface area contributed by atoms with E-state index in [4.69, 9.17) is 5.73 Å². The number of thiophene rings is 1. The lowest BCUT2D eigenvalue weighted by molar-refractivity contribution is 0.0754. The third-order valence-corrected chi connectivity index (χ3v) is 3.98. The minimum atomic E-state index is 0.0302. The van der Waals surface area contributed by atoms with E-state index in [1.165, 1.54) is 4.88 Å². The molecule has 2 rings (SSSR count). The number of nitrogens with two attached hydrogens (primary N) is 1. The molecule has 0 saturated carbocycles. The van der Waals surface area contributed by atoms with Gasteiger partial charge in [-0.05, 0) is 43.0 Å². The molecule has 0 aliphatic heterocycles. The van der Waals surface area contributed by atoms with Crippen molar-refractivity contribution < 1.29 is 4.79 Å². The van der Waals surface area contributed by atoms with Crippen LogP contribution in [-0.4, -0.2) is 17.4 Å². The number of anilines is 1. The first-order valence-electron chi connectivity index (χ1n) is 6.29. The molecule has 1 aromatic carbocycles. The Labute approximate surface area is 117 Å². The molecule has 3 nitrogen and oxygen atoms in total. The van der Waals surface area contributed by atoms with Crippen molar-refractivity contribution in [1.29, 1.82) is 0 Å². The van der Waals surface area contributed by atoms with E-state index in [1.807, 2.05) is 48.4 Å². The summed E-state index contributed by atoms with van der Waals surface area (Å²) in [7, 11) is 0. The van der Waals surface area contributed by atoms with E-state index < -0.39 is 0 Å². The van der Waals surface area contributed by atoms with E-state index in [0.29, 0.717) is 24.3 Å². The van der Waals surface area contributed by atoms with Crippen LogP contribution in [-0.2, 0) is 6.54 Å². The number of hydrogen-bond acceptors (Lipinski definition) is 3. The van der Waals surface area contributed by atoms with Crippen LogP contribution in [0.15, 0.2) is 35.7 Å². The zero-order valence-corrected chi connectivity index (χ0v) is 12.0. The molecule has 1 aromatic heterocycles. The number of carbonyl (C=O) groups excluding carboxylic acids is 1. The maximum atomic E-state index is 12.4. The van der Waals surface area contributed by atoms with Crippen molar-refractivity contribution in [3.05, 3.63) is 51.7 Å². The summed E-state index contributed by atoms with van der Waals surface area (Å²) in [5.41, 5.74) is 8.18. The van der Waals surface area contributed by atoms with Crippen LogP contribution in [0.25, 0.3) is 0 Å². The minimum absolute atomic E-state index is 0.0302. The standard InChI is InChI=1S/C15H18N2OS/c1-3-17(10-13-5-4-8-19-13)15(18)12-7-6-11(2)14(16)9-12/h4-9H,3,10,16H2,1-2H3. The Bertz CT molecular complexity index is 564. The number of nitrogen functional groups attached to an aromatic ring is 1. The van der Waals surface area contributed by atoms with Gasteiger partial charge in [0.15, 0.2) is 0 Å². The van der Waals surface area contributed by atoms with Crippen LogP contribution in [0.2, 0.25) is 0 Å². The molecule has 0 atom stereocenters. The van der Waals surface area contributed by atoms with Gasteiger partial charge in [-0.1, -0.05) is 12.1 Å². The van der Waals surface area contributed by atoms with Gasteiger partial charge in [-0.3, -0.25) is 4.79 Å². The number of nitrogens with zero attached hydrogens (tertiary/aromatic N) is 1. The molecule has 0 fully saturated rings. The highest BCUT2D eigenvalue weighted by atomic mass is 32.1. The van der Waals surface area contributed by atoms with E-state index in [0.717, 1.165) is 5.56 Å². The van der Waals surface area contributed by atoms with Gasteiger partial charge >= 0.3 is 0 Å². The normalized spacial score (nSPS) is 10.4. The molecule has 0 saturated heterocycles.